The number of rotatable bonds is 7. The number of nitrogens with zero attached hydrogens (tertiary/aromatic N) is 1. The first kappa shape index (κ1) is 13.6. The van der Waals surface area contributed by atoms with Crippen LogP contribution in [0.3, 0.4) is 0 Å². The number of thiazole rings is 1. The fourth-order valence-corrected chi connectivity index (χ4v) is 2.74. The summed E-state index contributed by atoms with van der Waals surface area (Å²) in [5.74, 6) is 5.57. The number of aryl methyl sites for hydroxylation is 2. The van der Waals surface area contributed by atoms with E-state index in [0.717, 1.165) is 18.5 Å². The van der Waals surface area contributed by atoms with Crippen LogP contribution in [-0.4, -0.2) is 11.0 Å². The van der Waals surface area contributed by atoms with Gasteiger partial charge in [0.25, 0.3) is 0 Å². The van der Waals surface area contributed by atoms with E-state index in [4.69, 9.17) is 5.84 Å². The maximum Gasteiger partial charge on any atom is 0.0946 e. The molecule has 0 aliphatic carbocycles. The van der Waals surface area contributed by atoms with Crippen LogP contribution in [0.4, 0.5) is 0 Å². The quantitative estimate of drug-likeness (QED) is 0.438. The number of nitrogens with two attached hydrogens (primary N) is 1. The third kappa shape index (κ3) is 4.20. The second kappa shape index (κ2) is 6.99. The lowest BCUT2D eigenvalue weighted by atomic mass is 10.1. The zero-order chi connectivity index (χ0) is 12.0. The van der Waals surface area contributed by atoms with E-state index in [-0.39, 0.29) is 0 Å². The maximum atomic E-state index is 5.57. The van der Waals surface area contributed by atoms with Gasteiger partial charge in [-0.05, 0) is 20.3 Å². The van der Waals surface area contributed by atoms with Crippen molar-refractivity contribution in [1.29, 1.82) is 0 Å². The summed E-state index contributed by atoms with van der Waals surface area (Å²) in [6.45, 7) is 6.41. The van der Waals surface area contributed by atoms with Crippen LogP contribution in [0.15, 0.2) is 0 Å². The Labute approximate surface area is 102 Å². The molecular weight excluding hydrogens is 218 g/mol. The summed E-state index contributed by atoms with van der Waals surface area (Å²) < 4.78 is 0. The Morgan fingerprint density at radius 1 is 1.38 bits per heavy atom. The zero-order valence-electron chi connectivity index (χ0n) is 10.5. The Morgan fingerprint density at radius 3 is 2.62 bits per heavy atom. The first-order chi connectivity index (χ1) is 7.67. The highest BCUT2D eigenvalue weighted by molar-refractivity contribution is 7.11. The van der Waals surface area contributed by atoms with E-state index in [9.17, 15) is 0 Å². The molecule has 0 aliphatic heterocycles. The Hall–Kier alpha value is -0.450. The van der Waals surface area contributed by atoms with Crippen molar-refractivity contribution in [1.82, 2.24) is 10.4 Å². The largest absolute Gasteiger partial charge is 0.271 e. The van der Waals surface area contributed by atoms with Crippen molar-refractivity contribution in [2.24, 2.45) is 5.84 Å². The standard InChI is InChI=1S/C12H23N3S/c1-4-5-6-7-11(15-13)8-12-14-9(2)10(3)16-12/h11,15H,4-8,13H2,1-3H3. The molecule has 0 fully saturated rings. The van der Waals surface area contributed by atoms with Gasteiger partial charge in [0.1, 0.15) is 0 Å². The fraction of sp³-hybridized carbons (Fsp3) is 0.750. The predicted molar refractivity (Wildman–Crippen MR) is 70.5 cm³/mol. The van der Waals surface area contributed by atoms with Gasteiger partial charge < -0.3 is 0 Å². The lowest BCUT2D eigenvalue weighted by Crippen LogP contribution is -2.36. The number of nitrogens with one attached hydrogen (secondary N) is 1. The molecule has 0 spiro atoms. The lowest BCUT2D eigenvalue weighted by Gasteiger charge is -2.13. The summed E-state index contributed by atoms with van der Waals surface area (Å²) in [6.07, 6.45) is 5.89. The topological polar surface area (TPSA) is 50.9 Å². The highest BCUT2D eigenvalue weighted by atomic mass is 32.1. The molecule has 1 aromatic rings. The monoisotopic (exact) mass is 241 g/mol. The first-order valence-corrected chi connectivity index (χ1v) is 6.88. The second-order valence-electron chi connectivity index (χ2n) is 4.31. The van der Waals surface area contributed by atoms with Gasteiger partial charge in [-0.15, -0.1) is 11.3 Å². The number of unbranched alkanes of at least 4 members (excludes halogenated alkanes) is 2. The Kier molecular flexibility index (Phi) is 5.95. The van der Waals surface area contributed by atoms with E-state index in [1.54, 1.807) is 11.3 Å². The molecule has 92 valence electrons. The van der Waals surface area contributed by atoms with Gasteiger partial charge in [-0.2, -0.15) is 0 Å². The van der Waals surface area contributed by atoms with Gasteiger partial charge in [0.05, 0.1) is 10.7 Å². The van der Waals surface area contributed by atoms with Gasteiger partial charge >= 0.3 is 0 Å². The van der Waals surface area contributed by atoms with Gasteiger partial charge in [-0.3, -0.25) is 11.3 Å². The number of hydrogen-bond acceptors (Lipinski definition) is 4. The molecule has 0 bridgehead atoms. The molecule has 1 unspecified atom stereocenters. The SMILES string of the molecule is CCCCCC(Cc1nc(C)c(C)s1)NN. The zero-order valence-corrected chi connectivity index (χ0v) is 11.4. The van der Waals surface area contributed by atoms with Crippen LogP contribution < -0.4 is 11.3 Å². The van der Waals surface area contributed by atoms with Gasteiger partial charge in [0, 0.05) is 17.3 Å². The van der Waals surface area contributed by atoms with Crippen LogP contribution in [0.25, 0.3) is 0 Å². The van der Waals surface area contributed by atoms with Gasteiger partial charge in [0.2, 0.25) is 0 Å². The summed E-state index contributed by atoms with van der Waals surface area (Å²) in [7, 11) is 0. The third-order valence-corrected chi connectivity index (χ3v) is 3.98. The molecule has 1 rings (SSSR count). The van der Waals surface area contributed by atoms with Crippen molar-refractivity contribution in [3.8, 4) is 0 Å². The molecule has 0 aromatic carbocycles. The van der Waals surface area contributed by atoms with Crippen LogP contribution in [0.5, 0.6) is 0 Å². The molecule has 1 atom stereocenters. The molecule has 0 saturated heterocycles. The van der Waals surface area contributed by atoms with Crippen LogP contribution in [0.2, 0.25) is 0 Å². The second-order valence-corrected chi connectivity index (χ2v) is 5.60. The van der Waals surface area contributed by atoms with E-state index < -0.39 is 0 Å². The molecule has 4 heteroatoms. The van der Waals surface area contributed by atoms with Crippen molar-refractivity contribution in [3.63, 3.8) is 0 Å². The number of hydrazine groups is 1. The smallest absolute Gasteiger partial charge is 0.0946 e. The van der Waals surface area contributed by atoms with Gasteiger partial charge in [-0.1, -0.05) is 26.2 Å². The lowest BCUT2D eigenvalue weighted by molar-refractivity contribution is 0.466. The van der Waals surface area contributed by atoms with Crippen LogP contribution in [0, 0.1) is 13.8 Å². The Morgan fingerprint density at radius 2 is 2.12 bits per heavy atom. The highest BCUT2D eigenvalue weighted by Crippen LogP contribution is 2.19. The van der Waals surface area contributed by atoms with Gasteiger partial charge in [0.15, 0.2) is 0 Å². The molecule has 1 aromatic heterocycles. The van der Waals surface area contributed by atoms with E-state index in [2.05, 4.69) is 31.2 Å². The third-order valence-electron chi connectivity index (χ3n) is 2.89. The first-order valence-electron chi connectivity index (χ1n) is 6.06. The van der Waals surface area contributed by atoms with Crippen molar-refractivity contribution in [2.75, 3.05) is 0 Å². The van der Waals surface area contributed by atoms with Crippen molar-refractivity contribution in [2.45, 2.75) is 58.9 Å². The van der Waals surface area contributed by atoms with Crippen molar-refractivity contribution >= 4 is 11.3 Å². The predicted octanol–water partition coefficient (Wildman–Crippen LogP) is 2.71. The average molecular weight is 241 g/mol. The molecule has 3 N–H and O–H groups in total. The normalized spacial score (nSPS) is 13.0. The van der Waals surface area contributed by atoms with E-state index in [1.165, 1.54) is 29.1 Å². The molecule has 1 heterocycles. The minimum Gasteiger partial charge on any atom is -0.271 e. The molecule has 0 amide bonds. The van der Waals surface area contributed by atoms with Gasteiger partial charge in [-0.25, -0.2) is 4.98 Å². The minimum atomic E-state index is 0.372. The molecule has 3 nitrogen and oxygen atoms in total. The number of hydrogen-bond donors (Lipinski definition) is 2. The summed E-state index contributed by atoms with van der Waals surface area (Å²) in [4.78, 5) is 5.87. The fourth-order valence-electron chi connectivity index (χ4n) is 1.72. The number of aromatic nitrogens is 1. The highest BCUT2D eigenvalue weighted by Gasteiger charge is 2.11. The van der Waals surface area contributed by atoms with Crippen LogP contribution in [0.1, 0.15) is 48.2 Å². The summed E-state index contributed by atoms with van der Waals surface area (Å²) >= 11 is 1.79. The van der Waals surface area contributed by atoms with E-state index in [0.29, 0.717) is 6.04 Å². The van der Waals surface area contributed by atoms with E-state index >= 15 is 0 Å². The summed E-state index contributed by atoms with van der Waals surface area (Å²) in [5.41, 5.74) is 4.06. The van der Waals surface area contributed by atoms with Crippen LogP contribution >= 0.6 is 11.3 Å². The van der Waals surface area contributed by atoms with Crippen molar-refractivity contribution in [3.05, 3.63) is 15.6 Å². The molecule has 0 aliphatic rings. The summed E-state index contributed by atoms with van der Waals surface area (Å²) in [6, 6.07) is 0.372. The van der Waals surface area contributed by atoms with Crippen LogP contribution in [-0.2, 0) is 6.42 Å². The minimum absolute atomic E-state index is 0.372. The average Bonchev–Trinajstić information content (AvgIpc) is 2.57. The van der Waals surface area contributed by atoms with Crippen molar-refractivity contribution < 1.29 is 0 Å². The molecule has 16 heavy (non-hydrogen) atoms. The molecule has 0 saturated carbocycles. The molecule has 0 radical (unpaired) electrons. The Balaban J connectivity index is 2.43. The van der Waals surface area contributed by atoms with E-state index in [1.807, 2.05) is 0 Å². The summed E-state index contributed by atoms with van der Waals surface area (Å²) in [5, 5.41) is 1.20. The Bertz CT molecular complexity index is 290. The maximum absolute atomic E-state index is 5.57. The molecular formula is C12H23N3S.